The Morgan fingerprint density at radius 2 is 2.00 bits per heavy atom. The van der Waals surface area contributed by atoms with Crippen LogP contribution in [0.1, 0.15) is 26.3 Å². The summed E-state index contributed by atoms with van der Waals surface area (Å²) in [6.07, 6.45) is 3.56. The van der Waals surface area contributed by atoms with Gasteiger partial charge >= 0.3 is 0 Å². The molecule has 106 valence electrons. The Balaban J connectivity index is 2.52. The smallest absolute Gasteiger partial charge is 0.239 e. The van der Waals surface area contributed by atoms with Crippen molar-refractivity contribution in [1.29, 1.82) is 0 Å². The van der Waals surface area contributed by atoms with Crippen molar-refractivity contribution in [3.05, 3.63) is 18.0 Å². The van der Waals surface area contributed by atoms with Gasteiger partial charge in [0.05, 0.1) is 6.54 Å². The van der Waals surface area contributed by atoms with Gasteiger partial charge in [-0.25, -0.2) is 9.97 Å². The van der Waals surface area contributed by atoms with E-state index in [2.05, 4.69) is 27.5 Å². The molecule has 0 spiro atoms. The van der Waals surface area contributed by atoms with E-state index in [1.54, 1.807) is 24.3 Å². The molecule has 0 aliphatic heterocycles. The summed E-state index contributed by atoms with van der Waals surface area (Å²) in [5.41, 5.74) is 1.03. The highest BCUT2D eigenvalue weighted by Gasteiger charge is 2.10. The van der Waals surface area contributed by atoms with Gasteiger partial charge in [-0.15, -0.1) is 0 Å². The van der Waals surface area contributed by atoms with Gasteiger partial charge in [-0.1, -0.05) is 6.92 Å². The normalized spacial score (nSPS) is 10.6. The maximum Gasteiger partial charge on any atom is 0.239 e. The average molecular weight is 265 g/mol. The molecule has 6 heteroatoms. The number of carbonyl (C=O) groups excluding carboxylic acids is 1. The largest absolute Gasteiger partial charge is 0.352 e. The van der Waals surface area contributed by atoms with E-state index >= 15 is 0 Å². The molecule has 0 bridgehead atoms. The lowest BCUT2D eigenvalue weighted by molar-refractivity contribution is -0.120. The number of hydrogen-bond acceptors (Lipinski definition) is 5. The van der Waals surface area contributed by atoms with Crippen molar-refractivity contribution >= 4 is 11.9 Å². The fourth-order valence-electron chi connectivity index (χ4n) is 1.56. The molecule has 0 aromatic carbocycles. The maximum atomic E-state index is 11.6. The third-order valence-electron chi connectivity index (χ3n) is 2.44. The van der Waals surface area contributed by atoms with Gasteiger partial charge in [0.1, 0.15) is 0 Å². The summed E-state index contributed by atoms with van der Waals surface area (Å²) in [4.78, 5) is 21.9. The Kier molecular flexibility index (Phi) is 6.21. The van der Waals surface area contributed by atoms with Gasteiger partial charge in [0.25, 0.3) is 0 Å². The second kappa shape index (κ2) is 7.68. The Bertz CT molecular complexity index is 391. The molecule has 1 heterocycles. The minimum atomic E-state index is -0.0298. The summed E-state index contributed by atoms with van der Waals surface area (Å²) in [7, 11) is 1.80. The lowest BCUT2D eigenvalue weighted by Gasteiger charge is -2.17. The summed E-state index contributed by atoms with van der Waals surface area (Å²) >= 11 is 0. The molecule has 6 nitrogen and oxygen atoms in total. The molecule has 2 N–H and O–H groups in total. The van der Waals surface area contributed by atoms with Crippen molar-refractivity contribution in [2.45, 2.75) is 33.4 Å². The van der Waals surface area contributed by atoms with E-state index < -0.39 is 0 Å². The average Bonchev–Trinajstić information content (AvgIpc) is 2.35. The first-order chi connectivity index (χ1) is 9.02. The number of hydrogen-bond donors (Lipinski definition) is 2. The fourth-order valence-corrected chi connectivity index (χ4v) is 1.56. The second-order valence-electron chi connectivity index (χ2n) is 4.75. The third kappa shape index (κ3) is 5.65. The first-order valence-electron chi connectivity index (χ1n) is 6.55. The van der Waals surface area contributed by atoms with Crippen LogP contribution in [0.3, 0.4) is 0 Å². The molecule has 0 aliphatic rings. The molecule has 0 unspecified atom stereocenters. The number of nitrogens with one attached hydrogen (secondary N) is 2. The summed E-state index contributed by atoms with van der Waals surface area (Å²) in [5, 5.41) is 6.05. The summed E-state index contributed by atoms with van der Waals surface area (Å²) < 4.78 is 0. The molecule has 1 rings (SSSR count). The number of anilines is 1. The van der Waals surface area contributed by atoms with Gasteiger partial charge in [-0.05, 0) is 20.4 Å². The van der Waals surface area contributed by atoms with Gasteiger partial charge in [0.2, 0.25) is 11.9 Å². The fraction of sp³-hybridized carbons (Fsp3) is 0.615. The minimum absolute atomic E-state index is 0.0298. The molecule has 0 radical (unpaired) electrons. The first-order valence-corrected chi connectivity index (χ1v) is 6.55. The summed E-state index contributed by atoms with van der Waals surface area (Å²) in [5.74, 6) is 0.525. The molecule has 19 heavy (non-hydrogen) atoms. The SMILES string of the molecule is CCNCc1cnc(N(C)CC(=O)NC(C)C)nc1. The van der Waals surface area contributed by atoms with Crippen LogP contribution in [0.15, 0.2) is 12.4 Å². The van der Waals surface area contributed by atoms with E-state index in [9.17, 15) is 4.79 Å². The van der Waals surface area contributed by atoms with E-state index in [0.29, 0.717) is 5.95 Å². The van der Waals surface area contributed by atoms with E-state index in [4.69, 9.17) is 0 Å². The van der Waals surface area contributed by atoms with E-state index in [-0.39, 0.29) is 18.5 Å². The molecule has 1 aromatic heterocycles. The number of amides is 1. The van der Waals surface area contributed by atoms with Crippen molar-refractivity contribution in [1.82, 2.24) is 20.6 Å². The summed E-state index contributed by atoms with van der Waals surface area (Å²) in [6, 6.07) is 0.143. The molecule has 0 fully saturated rings. The molecular formula is C13H23N5O. The number of nitrogens with zero attached hydrogens (tertiary/aromatic N) is 3. The zero-order valence-corrected chi connectivity index (χ0v) is 12.1. The van der Waals surface area contributed by atoms with Crippen LogP contribution < -0.4 is 15.5 Å². The lowest BCUT2D eigenvalue weighted by atomic mass is 10.3. The predicted molar refractivity (Wildman–Crippen MR) is 76.0 cm³/mol. The Morgan fingerprint density at radius 3 is 2.53 bits per heavy atom. The van der Waals surface area contributed by atoms with Gasteiger partial charge < -0.3 is 15.5 Å². The molecule has 0 saturated heterocycles. The van der Waals surface area contributed by atoms with Crippen molar-refractivity contribution in [3.8, 4) is 0 Å². The van der Waals surface area contributed by atoms with Crippen LogP contribution in [-0.2, 0) is 11.3 Å². The molecular weight excluding hydrogens is 242 g/mol. The van der Waals surface area contributed by atoms with Gasteiger partial charge in [-0.2, -0.15) is 0 Å². The van der Waals surface area contributed by atoms with E-state index in [1.807, 2.05) is 13.8 Å². The van der Waals surface area contributed by atoms with Crippen LogP contribution in [0.2, 0.25) is 0 Å². The van der Waals surface area contributed by atoms with Crippen molar-refractivity contribution in [2.75, 3.05) is 25.0 Å². The van der Waals surface area contributed by atoms with Crippen molar-refractivity contribution in [3.63, 3.8) is 0 Å². The molecule has 0 aliphatic carbocycles. The predicted octanol–water partition coefficient (Wildman–Crippen LogP) is 0.547. The number of aromatic nitrogens is 2. The Morgan fingerprint density at radius 1 is 1.37 bits per heavy atom. The van der Waals surface area contributed by atoms with Crippen LogP contribution in [-0.4, -0.2) is 42.1 Å². The standard InChI is InChI=1S/C13H23N5O/c1-5-14-6-11-7-15-13(16-8-11)18(4)9-12(19)17-10(2)3/h7-8,10,14H,5-6,9H2,1-4H3,(H,17,19). The highest BCUT2D eigenvalue weighted by Crippen LogP contribution is 2.04. The molecule has 0 saturated carbocycles. The number of carbonyl (C=O) groups is 1. The zero-order chi connectivity index (χ0) is 14.3. The van der Waals surface area contributed by atoms with Gasteiger partial charge in [0, 0.05) is 37.6 Å². The quantitative estimate of drug-likeness (QED) is 0.753. The highest BCUT2D eigenvalue weighted by molar-refractivity contribution is 5.80. The maximum absolute atomic E-state index is 11.6. The zero-order valence-electron chi connectivity index (χ0n) is 12.1. The third-order valence-corrected chi connectivity index (χ3v) is 2.44. The highest BCUT2D eigenvalue weighted by atomic mass is 16.2. The van der Waals surface area contributed by atoms with Crippen LogP contribution >= 0.6 is 0 Å². The Hall–Kier alpha value is -1.69. The molecule has 1 aromatic rings. The summed E-state index contributed by atoms with van der Waals surface area (Å²) in [6.45, 7) is 7.85. The van der Waals surface area contributed by atoms with Crippen LogP contribution in [0, 0.1) is 0 Å². The van der Waals surface area contributed by atoms with Crippen molar-refractivity contribution < 1.29 is 4.79 Å². The number of rotatable bonds is 7. The van der Waals surface area contributed by atoms with Crippen LogP contribution in [0.4, 0.5) is 5.95 Å². The van der Waals surface area contributed by atoms with Crippen LogP contribution in [0.25, 0.3) is 0 Å². The first kappa shape index (κ1) is 15.4. The lowest BCUT2D eigenvalue weighted by Crippen LogP contribution is -2.39. The minimum Gasteiger partial charge on any atom is -0.352 e. The van der Waals surface area contributed by atoms with E-state index in [1.165, 1.54) is 0 Å². The second-order valence-corrected chi connectivity index (χ2v) is 4.75. The van der Waals surface area contributed by atoms with Gasteiger partial charge in [0.15, 0.2) is 0 Å². The van der Waals surface area contributed by atoms with Crippen molar-refractivity contribution in [2.24, 2.45) is 0 Å². The molecule has 0 atom stereocenters. The monoisotopic (exact) mass is 265 g/mol. The Labute approximate surface area is 114 Å². The van der Waals surface area contributed by atoms with E-state index in [0.717, 1.165) is 18.7 Å². The molecule has 1 amide bonds. The van der Waals surface area contributed by atoms with Gasteiger partial charge in [-0.3, -0.25) is 4.79 Å². The van der Waals surface area contributed by atoms with Crippen LogP contribution in [0.5, 0.6) is 0 Å². The number of likely N-dealkylation sites (N-methyl/N-ethyl adjacent to an activating group) is 1. The topological polar surface area (TPSA) is 70.2 Å².